The molecule has 0 amide bonds. The van der Waals surface area contributed by atoms with Gasteiger partial charge in [-0.1, -0.05) is 6.07 Å². The second-order valence-electron chi connectivity index (χ2n) is 3.75. The molecule has 0 unspecified atom stereocenters. The number of nitrogens with one attached hydrogen (secondary N) is 1. The first-order chi connectivity index (χ1) is 6.28. The lowest BCUT2D eigenvalue weighted by molar-refractivity contribution is 1.02. The number of benzene rings is 1. The summed E-state index contributed by atoms with van der Waals surface area (Å²) in [6, 6.07) is 8.50. The van der Waals surface area contributed by atoms with E-state index in [-0.39, 0.29) is 4.87 Å². The summed E-state index contributed by atoms with van der Waals surface area (Å²) in [6.07, 6.45) is 4.19. The molecule has 1 aromatic heterocycles. The molecular formula is C11H10ClN. The molecule has 1 aliphatic carbocycles. The number of H-pyrrole nitrogens is 1. The molecule has 2 heteroatoms. The van der Waals surface area contributed by atoms with E-state index in [4.69, 9.17) is 11.6 Å². The van der Waals surface area contributed by atoms with Crippen LogP contribution in [0.1, 0.15) is 18.4 Å². The normalized spacial score (nSPS) is 19.2. The van der Waals surface area contributed by atoms with E-state index < -0.39 is 0 Å². The summed E-state index contributed by atoms with van der Waals surface area (Å²) < 4.78 is 0. The highest BCUT2D eigenvalue weighted by Gasteiger charge is 2.42. The van der Waals surface area contributed by atoms with Crippen LogP contribution in [-0.2, 0) is 4.87 Å². The number of alkyl halides is 1. The minimum Gasteiger partial charge on any atom is -0.361 e. The van der Waals surface area contributed by atoms with E-state index in [0.717, 1.165) is 12.8 Å². The van der Waals surface area contributed by atoms with Crippen molar-refractivity contribution in [3.05, 3.63) is 36.0 Å². The molecule has 1 aliphatic rings. The lowest BCUT2D eigenvalue weighted by atomic mass is 10.1. The number of rotatable bonds is 1. The molecule has 0 spiro atoms. The van der Waals surface area contributed by atoms with Crippen molar-refractivity contribution >= 4 is 22.5 Å². The predicted octanol–water partition coefficient (Wildman–Crippen LogP) is 3.40. The Morgan fingerprint density at radius 2 is 2.08 bits per heavy atom. The molecule has 0 bridgehead atoms. The first-order valence-corrected chi connectivity index (χ1v) is 4.92. The maximum absolute atomic E-state index is 6.33. The first-order valence-electron chi connectivity index (χ1n) is 4.54. The van der Waals surface area contributed by atoms with Gasteiger partial charge < -0.3 is 4.98 Å². The van der Waals surface area contributed by atoms with Crippen LogP contribution < -0.4 is 0 Å². The number of hydrogen-bond acceptors (Lipinski definition) is 0. The van der Waals surface area contributed by atoms with Crippen molar-refractivity contribution in [1.82, 2.24) is 4.98 Å². The fourth-order valence-electron chi connectivity index (χ4n) is 1.73. The van der Waals surface area contributed by atoms with Gasteiger partial charge in [-0.25, -0.2) is 0 Å². The Morgan fingerprint density at radius 3 is 2.85 bits per heavy atom. The molecule has 3 rings (SSSR count). The van der Waals surface area contributed by atoms with E-state index in [9.17, 15) is 0 Å². The van der Waals surface area contributed by atoms with Crippen molar-refractivity contribution in [2.24, 2.45) is 0 Å². The fraction of sp³-hybridized carbons (Fsp3) is 0.273. The van der Waals surface area contributed by atoms with Crippen LogP contribution in [0.25, 0.3) is 10.9 Å². The van der Waals surface area contributed by atoms with E-state index >= 15 is 0 Å². The largest absolute Gasteiger partial charge is 0.361 e. The van der Waals surface area contributed by atoms with E-state index in [1.165, 1.54) is 16.5 Å². The average Bonchev–Trinajstić information content (AvgIpc) is 2.74. The molecule has 0 atom stereocenters. The third kappa shape index (κ3) is 1.07. The van der Waals surface area contributed by atoms with Gasteiger partial charge in [0.2, 0.25) is 0 Å². The van der Waals surface area contributed by atoms with Gasteiger partial charge in [0.15, 0.2) is 0 Å². The molecule has 1 heterocycles. The van der Waals surface area contributed by atoms with Gasteiger partial charge in [-0.3, -0.25) is 0 Å². The topological polar surface area (TPSA) is 15.8 Å². The summed E-state index contributed by atoms with van der Waals surface area (Å²) in [7, 11) is 0. The van der Waals surface area contributed by atoms with Crippen molar-refractivity contribution in [2.45, 2.75) is 17.7 Å². The van der Waals surface area contributed by atoms with Crippen molar-refractivity contribution < 1.29 is 0 Å². The zero-order chi connectivity index (χ0) is 8.89. The molecule has 2 aromatic rings. The summed E-state index contributed by atoms with van der Waals surface area (Å²) in [5.41, 5.74) is 2.45. The van der Waals surface area contributed by atoms with Crippen LogP contribution in [0.4, 0.5) is 0 Å². The predicted molar refractivity (Wildman–Crippen MR) is 55.1 cm³/mol. The zero-order valence-corrected chi connectivity index (χ0v) is 7.93. The van der Waals surface area contributed by atoms with Crippen LogP contribution >= 0.6 is 11.6 Å². The second-order valence-corrected chi connectivity index (χ2v) is 4.47. The SMILES string of the molecule is ClC1(c2ccc3[nH]ccc3c2)CC1. The molecule has 1 fully saturated rings. The van der Waals surface area contributed by atoms with Gasteiger partial charge in [-0.05, 0) is 42.0 Å². The third-order valence-corrected chi connectivity index (χ3v) is 3.36. The van der Waals surface area contributed by atoms with Crippen molar-refractivity contribution in [3.8, 4) is 0 Å². The molecule has 1 nitrogen and oxygen atoms in total. The maximum atomic E-state index is 6.33. The van der Waals surface area contributed by atoms with Crippen LogP contribution in [0.15, 0.2) is 30.5 Å². The average molecular weight is 192 g/mol. The number of aromatic nitrogens is 1. The van der Waals surface area contributed by atoms with Gasteiger partial charge in [0, 0.05) is 11.7 Å². The van der Waals surface area contributed by atoms with Crippen LogP contribution in [-0.4, -0.2) is 4.98 Å². The molecule has 1 aromatic carbocycles. The number of aromatic amines is 1. The maximum Gasteiger partial charge on any atom is 0.0696 e. The Labute approximate surface area is 81.7 Å². The van der Waals surface area contributed by atoms with Crippen molar-refractivity contribution in [3.63, 3.8) is 0 Å². The number of hydrogen-bond donors (Lipinski definition) is 1. The van der Waals surface area contributed by atoms with E-state index in [2.05, 4.69) is 29.2 Å². The van der Waals surface area contributed by atoms with Gasteiger partial charge in [-0.15, -0.1) is 11.6 Å². The molecule has 0 aliphatic heterocycles. The molecule has 13 heavy (non-hydrogen) atoms. The minimum atomic E-state index is -0.0363. The second kappa shape index (κ2) is 2.30. The van der Waals surface area contributed by atoms with Gasteiger partial charge in [-0.2, -0.15) is 0 Å². The van der Waals surface area contributed by atoms with Crippen molar-refractivity contribution in [2.75, 3.05) is 0 Å². The standard InChI is InChI=1S/C11H10ClN/c12-11(4-5-11)9-1-2-10-8(7-9)3-6-13-10/h1-3,6-7,13H,4-5H2. The Kier molecular flexibility index (Phi) is 1.32. The molecular weight excluding hydrogens is 182 g/mol. The van der Waals surface area contributed by atoms with Crippen LogP contribution in [0.2, 0.25) is 0 Å². The van der Waals surface area contributed by atoms with Crippen LogP contribution in [0.5, 0.6) is 0 Å². The molecule has 1 N–H and O–H groups in total. The summed E-state index contributed by atoms with van der Waals surface area (Å²) in [5, 5.41) is 1.25. The highest BCUT2D eigenvalue weighted by molar-refractivity contribution is 6.26. The molecule has 66 valence electrons. The number of fused-ring (bicyclic) bond motifs is 1. The van der Waals surface area contributed by atoms with E-state index in [1.807, 2.05) is 6.20 Å². The van der Waals surface area contributed by atoms with Gasteiger partial charge in [0.25, 0.3) is 0 Å². The summed E-state index contributed by atoms with van der Waals surface area (Å²) in [5.74, 6) is 0. The van der Waals surface area contributed by atoms with Gasteiger partial charge in [0.05, 0.1) is 4.87 Å². The Balaban J connectivity index is 2.20. The molecule has 0 saturated heterocycles. The first kappa shape index (κ1) is 7.45. The van der Waals surface area contributed by atoms with E-state index in [0.29, 0.717) is 0 Å². The number of halogens is 1. The van der Waals surface area contributed by atoms with Crippen LogP contribution in [0.3, 0.4) is 0 Å². The van der Waals surface area contributed by atoms with Crippen LogP contribution in [0, 0.1) is 0 Å². The van der Waals surface area contributed by atoms with E-state index in [1.54, 1.807) is 0 Å². The lowest BCUT2D eigenvalue weighted by Crippen LogP contribution is -1.94. The highest BCUT2D eigenvalue weighted by Crippen LogP contribution is 2.52. The van der Waals surface area contributed by atoms with Gasteiger partial charge >= 0.3 is 0 Å². The minimum absolute atomic E-state index is 0.0363. The molecule has 1 saturated carbocycles. The Bertz CT molecular complexity index is 454. The highest BCUT2D eigenvalue weighted by atomic mass is 35.5. The lowest BCUT2D eigenvalue weighted by Gasteiger charge is -2.05. The van der Waals surface area contributed by atoms with Crippen molar-refractivity contribution in [1.29, 1.82) is 0 Å². The Morgan fingerprint density at radius 1 is 1.23 bits per heavy atom. The summed E-state index contributed by atoms with van der Waals surface area (Å²) >= 11 is 6.33. The fourth-order valence-corrected chi connectivity index (χ4v) is 1.94. The summed E-state index contributed by atoms with van der Waals surface area (Å²) in [4.78, 5) is 3.14. The quantitative estimate of drug-likeness (QED) is 0.665. The third-order valence-electron chi connectivity index (χ3n) is 2.76. The zero-order valence-electron chi connectivity index (χ0n) is 7.18. The molecule has 0 radical (unpaired) electrons. The van der Waals surface area contributed by atoms with Gasteiger partial charge in [0.1, 0.15) is 0 Å². The smallest absolute Gasteiger partial charge is 0.0696 e. The Hall–Kier alpha value is -0.950. The summed E-state index contributed by atoms with van der Waals surface area (Å²) in [6.45, 7) is 0. The monoisotopic (exact) mass is 191 g/mol.